The lowest BCUT2D eigenvalue weighted by atomic mass is 9.97. The molecule has 1 unspecified atom stereocenters. The summed E-state index contributed by atoms with van der Waals surface area (Å²) in [4.78, 5) is 6.91. The molecule has 2 aliphatic rings. The number of allylic oxidation sites excluding steroid dienone is 1. The first-order valence-electron chi connectivity index (χ1n) is 5.20. The fourth-order valence-corrected chi connectivity index (χ4v) is 2.14. The zero-order chi connectivity index (χ0) is 9.26. The van der Waals surface area contributed by atoms with Gasteiger partial charge in [-0.25, -0.2) is 0 Å². The normalized spacial score (nSPS) is 35.1. The molecule has 0 aliphatic carbocycles. The van der Waals surface area contributed by atoms with Gasteiger partial charge in [-0.3, -0.25) is 9.89 Å². The maximum absolute atomic E-state index is 4.47. The van der Waals surface area contributed by atoms with E-state index in [9.17, 15) is 0 Å². The third-order valence-corrected chi connectivity index (χ3v) is 3.27. The Hall–Kier alpha value is -0.630. The molecule has 0 aromatic rings. The molecule has 0 saturated carbocycles. The van der Waals surface area contributed by atoms with Crippen LogP contribution in [0.5, 0.6) is 0 Å². The van der Waals surface area contributed by atoms with E-state index in [0.717, 1.165) is 12.6 Å². The molecule has 2 heteroatoms. The van der Waals surface area contributed by atoms with Crippen molar-refractivity contribution in [1.29, 1.82) is 0 Å². The van der Waals surface area contributed by atoms with Crippen molar-refractivity contribution in [3.05, 3.63) is 11.6 Å². The highest BCUT2D eigenvalue weighted by atomic mass is 15.1. The molecule has 0 radical (unpaired) electrons. The molecule has 0 aromatic carbocycles. The largest absolute Gasteiger partial charge is 0.300 e. The maximum Gasteiger partial charge on any atom is 0.0725 e. The van der Waals surface area contributed by atoms with Crippen molar-refractivity contribution in [3.8, 4) is 0 Å². The fourth-order valence-electron chi connectivity index (χ4n) is 2.14. The van der Waals surface area contributed by atoms with Gasteiger partial charge in [-0.15, -0.1) is 0 Å². The summed E-state index contributed by atoms with van der Waals surface area (Å²) in [6.45, 7) is 3.42. The molecule has 0 aromatic heterocycles. The number of hydrogen-bond donors (Lipinski definition) is 0. The van der Waals surface area contributed by atoms with Crippen molar-refractivity contribution in [2.75, 3.05) is 13.6 Å². The number of fused-ring (bicyclic) bond motifs is 1. The number of hydrogen-bond acceptors (Lipinski definition) is 2. The number of likely N-dealkylation sites (tertiary alicyclic amines) is 1. The molecule has 2 heterocycles. The molecule has 2 rings (SSSR count). The molecule has 0 N–H and O–H groups in total. The lowest BCUT2D eigenvalue weighted by molar-refractivity contribution is 0.244. The van der Waals surface area contributed by atoms with Gasteiger partial charge in [0.2, 0.25) is 0 Å². The van der Waals surface area contributed by atoms with Gasteiger partial charge in [0.25, 0.3) is 0 Å². The molecule has 1 fully saturated rings. The minimum absolute atomic E-state index is 0.509. The van der Waals surface area contributed by atoms with Crippen LogP contribution < -0.4 is 0 Å². The lowest BCUT2D eigenvalue weighted by Gasteiger charge is -2.29. The predicted octanol–water partition coefficient (Wildman–Crippen LogP) is 1.87. The van der Waals surface area contributed by atoms with E-state index in [2.05, 4.69) is 29.9 Å². The molecule has 0 amide bonds. The van der Waals surface area contributed by atoms with Crippen LogP contribution in [0.2, 0.25) is 0 Å². The maximum atomic E-state index is 4.47. The second-order valence-electron chi connectivity index (χ2n) is 4.25. The predicted molar refractivity (Wildman–Crippen MR) is 56.3 cm³/mol. The molecule has 0 spiro atoms. The van der Waals surface area contributed by atoms with Crippen LogP contribution in [0.25, 0.3) is 0 Å². The average Bonchev–Trinajstić information content (AvgIpc) is 2.50. The second-order valence-corrected chi connectivity index (χ2v) is 4.25. The number of rotatable bonds is 0. The Labute approximate surface area is 80.3 Å². The van der Waals surface area contributed by atoms with E-state index in [0.29, 0.717) is 6.04 Å². The smallest absolute Gasteiger partial charge is 0.0725 e. The van der Waals surface area contributed by atoms with Crippen molar-refractivity contribution >= 4 is 6.21 Å². The number of likely N-dealkylation sites (N-methyl/N-ethyl adjacent to an activating group) is 1. The fraction of sp³-hybridized carbons (Fsp3) is 0.727. The van der Waals surface area contributed by atoms with Crippen LogP contribution in [0.1, 0.15) is 26.2 Å². The van der Waals surface area contributed by atoms with E-state index in [1.54, 1.807) is 0 Å². The Morgan fingerprint density at radius 2 is 2.31 bits per heavy atom. The summed E-state index contributed by atoms with van der Waals surface area (Å²) >= 11 is 0. The Kier molecular flexibility index (Phi) is 2.49. The van der Waals surface area contributed by atoms with E-state index < -0.39 is 0 Å². The zero-order valence-corrected chi connectivity index (χ0v) is 8.53. The SMILES string of the molecule is C[C@H]1CCCC2N=CC=C2CN1C. The van der Waals surface area contributed by atoms with Gasteiger partial charge in [-0.05, 0) is 44.9 Å². The third-order valence-electron chi connectivity index (χ3n) is 3.27. The highest BCUT2D eigenvalue weighted by molar-refractivity contribution is 5.76. The van der Waals surface area contributed by atoms with Crippen LogP contribution in [-0.2, 0) is 0 Å². The topological polar surface area (TPSA) is 15.6 Å². The van der Waals surface area contributed by atoms with Gasteiger partial charge < -0.3 is 0 Å². The van der Waals surface area contributed by atoms with E-state index >= 15 is 0 Å². The number of nitrogens with zero attached hydrogens (tertiary/aromatic N) is 2. The van der Waals surface area contributed by atoms with Gasteiger partial charge in [0, 0.05) is 18.8 Å². The van der Waals surface area contributed by atoms with E-state index in [1.807, 2.05) is 6.21 Å². The first-order valence-corrected chi connectivity index (χ1v) is 5.20. The minimum Gasteiger partial charge on any atom is -0.300 e. The van der Waals surface area contributed by atoms with Crippen LogP contribution in [0, 0.1) is 0 Å². The summed E-state index contributed by atoms with van der Waals surface area (Å²) in [5.74, 6) is 0. The summed E-state index contributed by atoms with van der Waals surface area (Å²) in [6, 6.07) is 1.23. The minimum atomic E-state index is 0.509. The first kappa shape index (κ1) is 8.95. The molecular formula is C11H18N2. The van der Waals surface area contributed by atoms with E-state index in [1.165, 1.54) is 24.8 Å². The molecule has 72 valence electrons. The Morgan fingerprint density at radius 3 is 3.15 bits per heavy atom. The van der Waals surface area contributed by atoms with Crippen LogP contribution in [-0.4, -0.2) is 36.8 Å². The van der Waals surface area contributed by atoms with Gasteiger partial charge in [-0.1, -0.05) is 0 Å². The second kappa shape index (κ2) is 3.62. The molecule has 2 aliphatic heterocycles. The average molecular weight is 178 g/mol. The first-order chi connectivity index (χ1) is 6.27. The summed E-state index contributed by atoms with van der Waals surface area (Å²) in [5, 5.41) is 0. The van der Waals surface area contributed by atoms with Crippen LogP contribution in [0.4, 0.5) is 0 Å². The molecule has 2 nitrogen and oxygen atoms in total. The monoisotopic (exact) mass is 178 g/mol. The van der Waals surface area contributed by atoms with Crippen LogP contribution >= 0.6 is 0 Å². The molecule has 0 bridgehead atoms. The van der Waals surface area contributed by atoms with E-state index in [4.69, 9.17) is 0 Å². The van der Waals surface area contributed by atoms with Crippen LogP contribution in [0.3, 0.4) is 0 Å². The summed E-state index contributed by atoms with van der Waals surface area (Å²) in [6.07, 6.45) is 8.05. The third kappa shape index (κ3) is 1.83. The van der Waals surface area contributed by atoms with Gasteiger partial charge >= 0.3 is 0 Å². The highest BCUT2D eigenvalue weighted by Gasteiger charge is 2.22. The molecule has 13 heavy (non-hydrogen) atoms. The quantitative estimate of drug-likeness (QED) is 0.553. The summed E-state index contributed by atoms with van der Waals surface area (Å²) < 4.78 is 0. The lowest BCUT2D eigenvalue weighted by Crippen LogP contribution is -2.34. The Morgan fingerprint density at radius 1 is 1.46 bits per heavy atom. The van der Waals surface area contributed by atoms with Crippen molar-refractivity contribution in [2.45, 2.75) is 38.3 Å². The molecular weight excluding hydrogens is 160 g/mol. The van der Waals surface area contributed by atoms with E-state index in [-0.39, 0.29) is 0 Å². The van der Waals surface area contributed by atoms with Gasteiger partial charge in [-0.2, -0.15) is 0 Å². The Balaban J connectivity index is 2.07. The van der Waals surface area contributed by atoms with Crippen molar-refractivity contribution in [2.24, 2.45) is 4.99 Å². The molecule has 1 saturated heterocycles. The highest BCUT2D eigenvalue weighted by Crippen LogP contribution is 2.23. The summed E-state index contributed by atoms with van der Waals surface area (Å²) in [5.41, 5.74) is 1.51. The molecule has 2 atom stereocenters. The van der Waals surface area contributed by atoms with Crippen molar-refractivity contribution in [1.82, 2.24) is 4.90 Å². The zero-order valence-electron chi connectivity index (χ0n) is 8.53. The number of aliphatic imine (C=N–C) groups is 1. The Bertz CT molecular complexity index is 242. The van der Waals surface area contributed by atoms with Crippen molar-refractivity contribution < 1.29 is 0 Å². The van der Waals surface area contributed by atoms with Crippen LogP contribution in [0.15, 0.2) is 16.6 Å². The standard InChI is InChI=1S/C11H18N2/c1-9-4-3-5-11-10(6-7-12-11)8-13(9)2/h6-7,9,11H,3-5,8H2,1-2H3/t9-,11?/m0/s1. The van der Waals surface area contributed by atoms with Gasteiger partial charge in [0.1, 0.15) is 0 Å². The summed E-state index contributed by atoms with van der Waals surface area (Å²) in [7, 11) is 2.21. The van der Waals surface area contributed by atoms with Gasteiger partial charge in [0.05, 0.1) is 6.04 Å². The van der Waals surface area contributed by atoms with Gasteiger partial charge in [0.15, 0.2) is 0 Å². The van der Waals surface area contributed by atoms with Crippen molar-refractivity contribution in [3.63, 3.8) is 0 Å².